The van der Waals surface area contributed by atoms with E-state index < -0.39 is 0 Å². The zero-order valence-corrected chi connectivity index (χ0v) is 19.4. The number of imidazole rings is 1. The van der Waals surface area contributed by atoms with Crippen LogP contribution in [-0.2, 0) is 24.3 Å². The lowest BCUT2D eigenvalue weighted by Crippen LogP contribution is -2.32. The van der Waals surface area contributed by atoms with E-state index >= 15 is 0 Å². The molecule has 0 radical (unpaired) electrons. The fourth-order valence-corrected chi connectivity index (χ4v) is 4.56. The highest BCUT2D eigenvalue weighted by atomic mass is 16.5. The molecule has 6 heteroatoms. The average molecular weight is 448 g/mol. The van der Waals surface area contributed by atoms with Crippen LogP contribution < -0.4 is 14.8 Å². The van der Waals surface area contributed by atoms with E-state index in [-0.39, 0.29) is 11.8 Å². The number of fused-ring (bicyclic) bond motifs is 1. The molecule has 174 valence electrons. The van der Waals surface area contributed by atoms with E-state index in [9.17, 15) is 4.79 Å². The van der Waals surface area contributed by atoms with Crippen molar-refractivity contribution >= 4 is 16.9 Å². The minimum atomic E-state index is 0.136. The molecule has 6 nitrogen and oxygen atoms in total. The van der Waals surface area contributed by atoms with E-state index in [1.54, 1.807) is 7.11 Å². The molecule has 1 heterocycles. The number of carbonyl (C=O) groups excluding carboxylic acids is 1. The number of rotatable bonds is 10. The number of ether oxygens (including phenoxy) is 2. The zero-order valence-electron chi connectivity index (χ0n) is 19.4. The molecule has 0 bridgehead atoms. The fraction of sp³-hybridized carbons (Fsp3) is 0.407. The molecule has 0 saturated heterocycles. The highest BCUT2D eigenvalue weighted by molar-refractivity contribution is 5.79. The normalized spacial score (nSPS) is 14.2. The number of aromatic nitrogens is 2. The average Bonchev–Trinajstić information content (AvgIpc) is 3.21. The zero-order chi connectivity index (χ0) is 23.0. The van der Waals surface area contributed by atoms with Gasteiger partial charge in [-0.2, -0.15) is 0 Å². The van der Waals surface area contributed by atoms with Crippen LogP contribution in [0.2, 0.25) is 0 Å². The predicted octanol–water partition coefficient (Wildman–Crippen LogP) is 5.05. The molecule has 1 N–H and O–H groups in total. The van der Waals surface area contributed by atoms with Crippen molar-refractivity contribution in [2.75, 3.05) is 13.7 Å². The van der Waals surface area contributed by atoms with Crippen molar-refractivity contribution in [1.29, 1.82) is 0 Å². The van der Waals surface area contributed by atoms with Gasteiger partial charge in [-0.05, 0) is 49.1 Å². The second kappa shape index (κ2) is 11.0. The summed E-state index contributed by atoms with van der Waals surface area (Å²) in [7, 11) is 1.65. The van der Waals surface area contributed by atoms with Crippen LogP contribution in [0.5, 0.6) is 11.5 Å². The maximum Gasteiger partial charge on any atom is 0.223 e. The van der Waals surface area contributed by atoms with Gasteiger partial charge in [-0.25, -0.2) is 4.98 Å². The Bertz CT molecular complexity index is 1100. The van der Waals surface area contributed by atoms with Crippen molar-refractivity contribution in [1.82, 2.24) is 14.9 Å². The molecule has 33 heavy (non-hydrogen) atoms. The second-order valence-electron chi connectivity index (χ2n) is 8.55. The first-order valence-corrected chi connectivity index (χ1v) is 11.8. The second-order valence-corrected chi connectivity index (χ2v) is 8.55. The maximum atomic E-state index is 12.6. The summed E-state index contributed by atoms with van der Waals surface area (Å²) in [5, 5.41) is 3.12. The first-order valence-electron chi connectivity index (χ1n) is 11.8. The largest absolute Gasteiger partial charge is 0.493 e. The van der Waals surface area contributed by atoms with Crippen molar-refractivity contribution in [3.8, 4) is 11.5 Å². The van der Waals surface area contributed by atoms with Gasteiger partial charge in [0.1, 0.15) is 12.4 Å². The summed E-state index contributed by atoms with van der Waals surface area (Å²) < 4.78 is 13.7. The Morgan fingerprint density at radius 2 is 2.00 bits per heavy atom. The summed E-state index contributed by atoms with van der Waals surface area (Å²) in [6.07, 6.45) is 8.16. The Morgan fingerprint density at radius 1 is 1.18 bits per heavy atom. The van der Waals surface area contributed by atoms with Gasteiger partial charge in [0.25, 0.3) is 0 Å². The number of methoxy groups -OCH3 is 1. The number of hydrogen-bond acceptors (Lipinski definition) is 4. The number of para-hydroxylation sites is 2. The Balaban J connectivity index is 1.44. The van der Waals surface area contributed by atoms with Gasteiger partial charge in [0.05, 0.1) is 31.2 Å². The van der Waals surface area contributed by atoms with Gasteiger partial charge in [-0.1, -0.05) is 43.5 Å². The quantitative estimate of drug-likeness (QED) is 0.442. The van der Waals surface area contributed by atoms with Crippen LogP contribution in [-0.4, -0.2) is 29.2 Å². The SMILES string of the molecule is C=CCc1ccc(OCCn2c(CNC(=O)C3CCCCC3)nc3ccccc32)c(OC)c1. The van der Waals surface area contributed by atoms with Gasteiger partial charge >= 0.3 is 0 Å². The van der Waals surface area contributed by atoms with E-state index in [0.717, 1.165) is 54.5 Å². The third-order valence-electron chi connectivity index (χ3n) is 6.31. The third-order valence-corrected chi connectivity index (χ3v) is 6.31. The topological polar surface area (TPSA) is 65.4 Å². The molecule has 2 aromatic carbocycles. The summed E-state index contributed by atoms with van der Waals surface area (Å²) in [6.45, 7) is 5.29. The summed E-state index contributed by atoms with van der Waals surface area (Å²) in [5.41, 5.74) is 3.09. The van der Waals surface area contributed by atoms with Crippen LogP contribution in [0.4, 0.5) is 0 Å². The summed E-state index contributed by atoms with van der Waals surface area (Å²) in [6, 6.07) is 14.0. The Hall–Kier alpha value is -3.28. The number of nitrogens with one attached hydrogen (secondary N) is 1. The van der Waals surface area contributed by atoms with E-state index in [4.69, 9.17) is 14.5 Å². The van der Waals surface area contributed by atoms with Gasteiger partial charge in [-0.3, -0.25) is 4.79 Å². The molecular weight excluding hydrogens is 414 g/mol. The smallest absolute Gasteiger partial charge is 0.223 e. The highest BCUT2D eigenvalue weighted by Gasteiger charge is 2.21. The van der Waals surface area contributed by atoms with Gasteiger partial charge in [-0.15, -0.1) is 6.58 Å². The molecule has 0 atom stereocenters. The minimum absolute atomic E-state index is 0.136. The van der Waals surface area contributed by atoms with Gasteiger partial charge in [0.2, 0.25) is 5.91 Å². The lowest BCUT2D eigenvalue weighted by atomic mass is 9.89. The predicted molar refractivity (Wildman–Crippen MR) is 131 cm³/mol. The van der Waals surface area contributed by atoms with Crippen LogP contribution in [0.25, 0.3) is 11.0 Å². The maximum absolute atomic E-state index is 12.6. The molecule has 1 aromatic heterocycles. The van der Waals surface area contributed by atoms with Crippen LogP contribution in [0.1, 0.15) is 43.5 Å². The summed E-state index contributed by atoms with van der Waals surface area (Å²) in [5.74, 6) is 2.55. The van der Waals surface area contributed by atoms with Crippen molar-refractivity contribution in [2.45, 2.75) is 51.6 Å². The molecule has 0 unspecified atom stereocenters. The number of benzene rings is 2. The van der Waals surface area contributed by atoms with Crippen molar-refractivity contribution in [3.05, 3.63) is 66.5 Å². The number of nitrogens with zero attached hydrogens (tertiary/aromatic N) is 2. The van der Waals surface area contributed by atoms with Gasteiger partial charge in [0, 0.05) is 5.92 Å². The van der Waals surface area contributed by atoms with Gasteiger partial charge in [0.15, 0.2) is 11.5 Å². The van der Waals surface area contributed by atoms with Gasteiger partial charge < -0.3 is 19.4 Å². The standard InChI is InChI=1S/C27H33N3O3/c1-3-9-20-14-15-24(25(18-20)32-2)33-17-16-30-23-13-8-7-12-22(23)29-26(30)19-28-27(31)21-10-5-4-6-11-21/h3,7-8,12-15,18,21H,1,4-6,9-11,16-17,19H2,2H3,(H,28,31). The van der Waals surface area contributed by atoms with Crippen molar-refractivity contribution in [3.63, 3.8) is 0 Å². The monoisotopic (exact) mass is 447 g/mol. The Labute approximate surface area is 195 Å². The van der Waals surface area contributed by atoms with Crippen LogP contribution in [0.15, 0.2) is 55.1 Å². The molecule has 1 fully saturated rings. The number of hydrogen-bond donors (Lipinski definition) is 1. The lowest BCUT2D eigenvalue weighted by molar-refractivity contribution is -0.126. The summed E-state index contributed by atoms with van der Waals surface area (Å²) >= 11 is 0. The third kappa shape index (κ3) is 5.56. The van der Waals surface area contributed by atoms with Crippen LogP contribution >= 0.6 is 0 Å². The highest BCUT2D eigenvalue weighted by Crippen LogP contribution is 2.29. The number of allylic oxidation sites excluding steroid dienone is 1. The van der Waals surface area contributed by atoms with Crippen molar-refractivity contribution < 1.29 is 14.3 Å². The first kappa shape index (κ1) is 22.9. The molecule has 1 saturated carbocycles. The molecule has 1 amide bonds. The Morgan fingerprint density at radius 3 is 2.79 bits per heavy atom. The number of amides is 1. The first-order chi connectivity index (χ1) is 16.2. The minimum Gasteiger partial charge on any atom is -0.493 e. The molecule has 4 rings (SSSR count). The molecular formula is C27H33N3O3. The molecule has 0 aliphatic heterocycles. The molecule has 1 aliphatic rings. The van der Waals surface area contributed by atoms with Crippen molar-refractivity contribution in [2.24, 2.45) is 5.92 Å². The fourth-order valence-electron chi connectivity index (χ4n) is 4.56. The van der Waals surface area contributed by atoms with E-state index in [2.05, 4.69) is 22.5 Å². The molecule has 0 spiro atoms. The van der Waals surface area contributed by atoms with E-state index in [1.807, 2.05) is 42.5 Å². The molecule has 1 aliphatic carbocycles. The van der Waals surface area contributed by atoms with Crippen LogP contribution in [0, 0.1) is 5.92 Å². The van der Waals surface area contributed by atoms with Crippen LogP contribution in [0.3, 0.4) is 0 Å². The molecule has 3 aromatic rings. The Kier molecular flexibility index (Phi) is 7.66. The lowest BCUT2D eigenvalue weighted by Gasteiger charge is -2.20. The summed E-state index contributed by atoms with van der Waals surface area (Å²) in [4.78, 5) is 17.4. The van der Waals surface area contributed by atoms with E-state index in [1.165, 1.54) is 6.42 Å². The number of carbonyl (C=O) groups is 1. The van der Waals surface area contributed by atoms with E-state index in [0.29, 0.717) is 31.2 Å².